The van der Waals surface area contributed by atoms with Crippen LogP contribution in [0.25, 0.3) is 0 Å². The third-order valence-corrected chi connectivity index (χ3v) is 2.43. The Balaban J connectivity index is 2.37. The predicted molar refractivity (Wildman–Crippen MR) is 69.7 cm³/mol. The van der Waals surface area contributed by atoms with Crippen LogP contribution < -0.4 is 11.1 Å². The van der Waals surface area contributed by atoms with Crippen molar-refractivity contribution in [1.29, 1.82) is 0 Å². The van der Waals surface area contributed by atoms with Crippen molar-refractivity contribution < 1.29 is 13.9 Å². The van der Waals surface area contributed by atoms with E-state index in [0.29, 0.717) is 17.1 Å². The second kappa shape index (κ2) is 5.34. The lowest BCUT2D eigenvalue weighted by molar-refractivity contribution is 0.0602. The highest BCUT2D eigenvalue weighted by Gasteiger charge is 2.12. The molecule has 2 aromatic rings. The molecule has 0 amide bonds. The first-order valence-corrected chi connectivity index (χ1v) is 5.45. The summed E-state index contributed by atoms with van der Waals surface area (Å²) in [5, 5.41) is 2.90. The molecule has 5 nitrogen and oxygen atoms in total. The normalized spacial score (nSPS) is 10.0. The van der Waals surface area contributed by atoms with Gasteiger partial charge in [0.2, 0.25) is 0 Å². The highest BCUT2D eigenvalue weighted by atomic mass is 19.1. The van der Waals surface area contributed by atoms with Crippen LogP contribution in [0.3, 0.4) is 0 Å². The van der Waals surface area contributed by atoms with Gasteiger partial charge in [-0.05, 0) is 18.2 Å². The molecule has 0 saturated heterocycles. The van der Waals surface area contributed by atoms with Crippen LogP contribution in [0.4, 0.5) is 21.5 Å². The molecule has 0 saturated carbocycles. The summed E-state index contributed by atoms with van der Waals surface area (Å²) in [5.74, 6) is -1.00. The highest BCUT2D eigenvalue weighted by Crippen LogP contribution is 2.23. The lowest BCUT2D eigenvalue weighted by Gasteiger charge is -2.11. The second-order valence-corrected chi connectivity index (χ2v) is 3.81. The van der Waals surface area contributed by atoms with Crippen molar-refractivity contribution in [3.8, 4) is 0 Å². The van der Waals surface area contributed by atoms with Crippen molar-refractivity contribution in [2.45, 2.75) is 0 Å². The van der Waals surface area contributed by atoms with E-state index in [0.717, 1.165) is 6.20 Å². The number of rotatable bonds is 3. The minimum absolute atomic E-state index is 0.270. The molecule has 19 heavy (non-hydrogen) atoms. The Morgan fingerprint density at radius 2 is 2.16 bits per heavy atom. The number of halogens is 1. The summed E-state index contributed by atoms with van der Waals surface area (Å²) in [6, 6.07) is 6.00. The van der Waals surface area contributed by atoms with Gasteiger partial charge in [0.05, 0.1) is 36.4 Å². The number of aromatic nitrogens is 1. The van der Waals surface area contributed by atoms with Gasteiger partial charge in [-0.3, -0.25) is 4.98 Å². The molecule has 0 spiro atoms. The maximum absolute atomic E-state index is 13.0. The van der Waals surface area contributed by atoms with Gasteiger partial charge < -0.3 is 15.8 Å². The molecule has 0 aliphatic rings. The number of esters is 1. The molecular formula is C13H12FN3O2. The van der Waals surface area contributed by atoms with Crippen LogP contribution in [0, 0.1) is 5.82 Å². The van der Waals surface area contributed by atoms with E-state index in [-0.39, 0.29) is 5.56 Å². The zero-order valence-corrected chi connectivity index (χ0v) is 10.2. The van der Waals surface area contributed by atoms with Crippen LogP contribution >= 0.6 is 0 Å². The Kier molecular flexibility index (Phi) is 3.61. The molecule has 0 bridgehead atoms. The fourth-order valence-electron chi connectivity index (χ4n) is 1.59. The Labute approximate surface area is 109 Å². The first-order valence-electron chi connectivity index (χ1n) is 5.45. The SMILES string of the molecule is COC(=O)c1cc(N)ccc1Nc1cncc(F)c1. The monoisotopic (exact) mass is 261 g/mol. The van der Waals surface area contributed by atoms with E-state index in [4.69, 9.17) is 5.73 Å². The summed E-state index contributed by atoms with van der Waals surface area (Å²) in [4.78, 5) is 15.4. The van der Waals surface area contributed by atoms with Gasteiger partial charge in [0, 0.05) is 11.8 Å². The fraction of sp³-hybridized carbons (Fsp3) is 0.0769. The Morgan fingerprint density at radius 3 is 2.84 bits per heavy atom. The van der Waals surface area contributed by atoms with Crippen LogP contribution in [-0.2, 0) is 4.74 Å². The molecule has 6 heteroatoms. The molecule has 0 unspecified atom stereocenters. The zero-order chi connectivity index (χ0) is 13.8. The van der Waals surface area contributed by atoms with Crippen LogP contribution in [0.2, 0.25) is 0 Å². The van der Waals surface area contributed by atoms with E-state index < -0.39 is 11.8 Å². The molecule has 1 heterocycles. The van der Waals surface area contributed by atoms with E-state index in [1.54, 1.807) is 12.1 Å². The topological polar surface area (TPSA) is 77.2 Å². The Morgan fingerprint density at radius 1 is 1.37 bits per heavy atom. The maximum Gasteiger partial charge on any atom is 0.340 e. The quantitative estimate of drug-likeness (QED) is 0.655. The van der Waals surface area contributed by atoms with Gasteiger partial charge in [-0.2, -0.15) is 0 Å². The van der Waals surface area contributed by atoms with Crippen molar-refractivity contribution in [1.82, 2.24) is 4.98 Å². The van der Waals surface area contributed by atoms with Gasteiger partial charge in [0.15, 0.2) is 0 Å². The van der Waals surface area contributed by atoms with Crippen LogP contribution in [0.5, 0.6) is 0 Å². The van der Waals surface area contributed by atoms with Gasteiger partial charge in [0.1, 0.15) is 5.82 Å². The average molecular weight is 261 g/mol. The fourth-order valence-corrected chi connectivity index (χ4v) is 1.59. The van der Waals surface area contributed by atoms with Crippen molar-refractivity contribution in [2.24, 2.45) is 0 Å². The molecule has 1 aromatic heterocycles. The number of nitrogens with zero attached hydrogens (tertiary/aromatic N) is 1. The van der Waals surface area contributed by atoms with Crippen molar-refractivity contribution in [2.75, 3.05) is 18.2 Å². The maximum atomic E-state index is 13.0. The first-order chi connectivity index (χ1) is 9.10. The molecule has 0 atom stereocenters. The number of carbonyl (C=O) groups excluding carboxylic acids is 1. The van der Waals surface area contributed by atoms with E-state index in [1.165, 1.54) is 25.4 Å². The number of ether oxygens (including phenoxy) is 1. The number of benzene rings is 1. The Hall–Kier alpha value is -2.63. The minimum Gasteiger partial charge on any atom is -0.465 e. The van der Waals surface area contributed by atoms with E-state index in [9.17, 15) is 9.18 Å². The molecular weight excluding hydrogens is 249 g/mol. The van der Waals surface area contributed by atoms with Gasteiger partial charge >= 0.3 is 5.97 Å². The molecule has 3 N–H and O–H groups in total. The zero-order valence-electron chi connectivity index (χ0n) is 10.2. The summed E-state index contributed by atoms with van der Waals surface area (Å²) >= 11 is 0. The lowest BCUT2D eigenvalue weighted by atomic mass is 10.1. The van der Waals surface area contributed by atoms with Crippen molar-refractivity contribution in [3.05, 3.63) is 48.0 Å². The van der Waals surface area contributed by atoms with Gasteiger partial charge in [0.25, 0.3) is 0 Å². The van der Waals surface area contributed by atoms with Gasteiger partial charge in [-0.15, -0.1) is 0 Å². The van der Waals surface area contributed by atoms with Crippen molar-refractivity contribution in [3.63, 3.8) is 0 Å². The number of hydrogen-bond acceptors (Lipinski definition) is 5. The van der Waals surface area contributed by atoms with Gasteiger partial charge in [-0.25, -0.2) is 9.18 Å². The average Bonchev–Trinajstić information content (AvgIpc) is 2.40. The lowest BCUT2D eigenvalue weighted by Crippen LogP contribution is -2.06. The predicted octanol–water partition coefficient (Wildman–Crippen LogP) is 2.33. The standard InChI is InChI=1S/C13H12FN3O2/c1-19-13(18)11-5-9(15)2-3-12(11)17-10-4-8(14)6-16-7-10/h2-7,17H,15H2,1H3. The summed E-state index contributed by atoms with van der Waals surface area (Å²) in [6.45, 7) is 0. The number of anilines is 3. The summed E-state index contributed by atoms with van der Waals surface area (Å²) in [7, 11) is 1.28. The van der Waals surface area contributed by atoms with E-state index in [2.05, 4.69) is 15.0 Å². The van der Waals surface area contributed by atoms with Crippen LogP contribution in [-0.4, -0.2) is 18.1 Å². The van der Waals surface area contributed by atoms with Gasteiger partial charge in [-0.1, -0.05) is 0 Å². The minimum atomic E-state index is -0.529. The van der Waals surface area contributed by atoms with Crippen LogP contribution in [0.1, 0.15) is 10.4 Å². The number of pyridine rings is 1. The first kappa shape index (κ1) is 12.8. The number of methoxy groups -OCH3 is 1. The third-order valence-electron chi connectivity index (χ3n) is 2.43. The summed E-state index contributed by atoms with van der Waals surface area (Å²) in [5.41, 5.74) is 7.23. The molecule has 98 valence electrons. The van der Waals surface area contributed by atoms with E-state index >= 15 is 0 Å². The Bertz CT molecular complexity index is 617. The van der Waals surface area contributed by atoms with Crippen molar-refractivity contribution >= 4 is 23.0 Å². The summed E-state index contributed by atoms with van der Waals surface area (Å²) in [6.07, 6.45) is 2.54. The number of carbonyl (C=O) groups is 1. The molecule has 0 aliphatic heterocycles. The van der Waals surface area contributed by atoms with Crippen LogP contribution in [0.15, 0.2) is 36.7 Å². The number of nitrogen functional groups attached to an aromatic ring is 1. The molecule has 0 radical (unpaired) electrons. The molecule has 1 aromatic carbocycles. The number of nitrogens with two attached hydrogens (primary N) is 1. The number of nitrogens with one attached hydrogen (secondary N) is 1. The number of hydrogen-bond donors (Lipinski definition) is 2. The summed E-state index contributed by atoms with van der Waals surface area (Å²) < 4.78 is 17.7. The largest absolute Gasteiger partial charge is 0.465 e. The smallest absolute Gasteiger partial charge is 0.340 e. The molecule has 0 aliphatic carbocycles. The highest BCUT2D eigenvalue weighted by molar-refractivity contribution is 5.97. The molecule has 2 rings (SSSR count). The second-order valence-electron chi connectivity index (χ2n) is 3.81. The third kappa shape index (κ3) is 2.98. The molecule has 0 fully saturated rings. The van der Waals surface area contributed by atoms with E-state index in [1.807, 2.05) is 0 Å².